The number of thiophene rings is 1. The summed E-state index contributed by atoms with van der Waals surface area (Å²) >= 11 is 1.57. The number of carbonyl (C=O) groups excluding carboxylic acids is 3. The Kier molecular flexibility index (Phi) is 7.42. The maximum Gasteiger partial charge on any atom is 0.407 e. The fraction of sp³-hybridized carbons (Fsp3) is 0.357. The van der Waals surface area contributed by atoms with Crippen LogP contribution >= 0.6 is 11.3 Å². The van der Waals surface area contributed by atoms with E-state index in [1.54, 1.807) is 22.4 Å². The van der Waals surface area contributed by atoms with Crippen molar-refractivity contribution in [2.75, 3.05) is 20.8 Å². The van der Waals surface area contributed by atoms with Crippen molar-refractivity contribution in [1.82, 2.24) is 25.2 Å². The minimum absolute atomic E-state index is 0.0916. The van der Waals surface area contributed by atoms with Gasteiger partial charge in [0, 0.05) is 17.5 Å². The number of ether oxygens (including phenoxy) is 2. The number of fused-ring (bicyclic) bond motifs is 1. The van der Waals surface area contributed by atoms with Crippen LogP contribution in [0.25, 0.3) is 32.6 Å². The zero-order valence-electron chi connectivity index (χ0n) is 22.2. The van der Waals surface area contributed by atoms with Crippen molar-refractivity contribution in [3.05, 3.63) is 53.4 Å². The van der Waals surface area contributed by atoms with Crippen LogP contribution in [-0.4, -0.2) is 64.6 Å². The monoisotopic (exact) mass is 549 g/mol. The molecule has 5 rings (SSSR count). The van der Waals surface area contributed by atoms with Gasteiger partial charge in [0.15, 0.2) is 0 Å². The molecule has 10 nitrogen and oxygen atoms in total. The third-order valence-electron chi connectivity index (χ3n) is 7.11. The second kappa shape index (κ2) is 10.9. The lowest BCUT2D eigenvalue weighted by atomic mass is 10.0. The molecule has 1 saturated heterocycles. The summed E-state index contributed by atoms with van der Waals surface area (Å²) < 4.78 is 10.5. The van der Waals surface area contributed by atoms with Crippen LogP contribution in [0.2, 0.25) is 0 Å². The smallest absolute Gasteiger partial charge is 0.407 e. The van der Waals surface area contributed by atoms with Gasteiger partial charge in [0.05, 0.1) is 42.4 Å². The third kappa shape index (κ3) is 5.14. The van der Waals surface area contributed by atoms with Gasteiger partial charge >= 0.3 is 12.1 Å². The van der Waals surface area contributed by atoms with Crippen molar-refractivity contribution in [3.8, 4) is 22.4 Å². The van der Waals surface area contributed by atoms with Gasteiger partial charge in [-0.25, -0.2) is 14.6 Å². The highest BCUT2D eigenvalue weighted by Crippen LogP contribution is 2.36. The molecular weight excluding hydrogens is 518 g/mol. The van der Waals surface area contributed by atoms with Crippen molar-refractivity contribution < 1.29 is 23.9 Å². The van der Waals surface area contributed by atoms with Gasteiger partial charge in [0.2, 0.25) is 5.91 Å². The average Bonchev–Trinajstić information content (AvgIpc) is 3.74. The summed E-state index contributed by atoms with van der Waals surface area (Å²) in [6.45, 7) is 4.40. The molecule has 2 atom stereocenters. The molecule has 0 aliphatic carbocycles. The number of nitrogens with one attached hydrogen (secondary N) is 3. The van der Waals surface area contributed by atoms with Crippen molar-refractivity contribution >= 4 is 39.5 Å². The lowest BCUT2D eigenvalue weighted by molar-refractivity contribution is -0.135. The minimum Gasteiger partial charge on any atom is -0.464 e. The van der Waals surface area contributed by atoms with E-state index in [1.807, 2.05) is 44.2 Å². The molecule has 2 amide bonds. The number of alkyl carbamates (subject to hydrolysis) is 1. The van der Waals surface area contributed by atoms with Crippen molar-refractivity contribution in [2.24, 2.45) is 5.92 Å². The fourth-order valence-corrected chi connectivity index (χ4v) is 5.98. The van der Waals surface area contributed by atoms with E-state index in [0.29, 0.717) is 12.2 Å². The van der Waals surface area contributed by atoms with Crippen LogP contribution in [0.15, 0.2) is 41.9 Å². The standard InChI is InChI=1S/C28H31N5O5S/c1-15(2)23(32-28(36)38-4)26(34)33-11-5-6-21(33)25-29-13-20(31-25)17-9-7-16(8-10-17)18-14-39-22-12-19(27(35)37-3)30-24(18)22/h7-10,12-15,21,23,30H,5-6,11H2,1-4H3,(H,29,31)(H,32,36)/t21?,23-/m0/s1. The number of imidazole rings is 1. The van der Waals surface area contributed by atoms with Gasteiger partial charge in [-0.1, -0.05) is 38.1 Å². The number of aromatic amines is 2. The first kappa shape index (κ1) is 26.5. The number of esters is 1. The molecule has 1 aliphatic rings. The normalized spacial score (nSPS) is 16.0. The quantitative estimate of drug-likeness (QED) is 0.275. The number of amides is 2. The predicted octanol–water partition coefficient (Wildman–Crippen LogP) is 5.12. The molecule has 1 fully saturated rings. The Labute approximate surface area is 229 Å². The van der Waals surface area contributed by atoms with Crippen molar-refractivity contribution in [2.45, 2.75) is 38.8 Å². The van der Waals surface area contributed by atoms with Crippen LogP contribution in [0.3, 0.4) is 0 Å². The number of carbonyl (C=O) groups is 3. The second-order valence-electron chi connectivity index (χ2n) is 9.87. The molecule has 4 heterocycles. The summed E-state index contributed by atoms with van der Waals surface area (Å²) in [4.78, 5) is 50.1. The van der Waals surface area contributed by atoms with Gasteiger partial charge in [-0.05, 0) is 36.0 Å². The fourth-order valence-electron chi connectivity index (χ4n) is 5.02. The van der Waals surface area contributed by atoms with Gasteiger partial charge in [0.25, 0.3) is 0 Å². The number of hydrogen-bond acceptors (Lipinski definition) is 7. The summed E-state index contributed by atoms with van der Waals surface area (Å²) in [6, 6.07) is 9.05. The van der Waals surface area contributed by atoms with E-state index in [0.717, 1.165) is 51.3 Å². The predicted molar refractivity (Wildman–Crippen MR) is 148 cm³/mol. The Morgan fingerprint density at radius 2 is 1.85 bits per heavy atom. The van der Waals surface area contributed by atoms with Gasteiger partial charge in [-0.2, -0.15) is 0 Å². The first-order valence-corrected chi connectivity index (χ1v) is 13.7. The Balaban J connectivity index is 1.34. The van der Waals surface area contributed by atoms with Gasteiger partial charge in [-0.3, -0.25) is 4.79 Å². The molecule has 1 aliphatic heterocycles. The van der Waals surface area contributed by atoms with Crippen LogP contribution in [-0.2, 0) is 14.3 Å². The number of benzene rings is 1. The Hall–Kier alpha value is -4.12. The second-order valence-corrected chi connectivity index (χ2v) is 10.8. The molecule has 4 aromatic rings. The molecule has 3 aromatic heterocycles. The van der Waals surface area contributed by atoms with Crippen LogP contribution in [0.1, 0.15) is 49.0 Å². The van der Waals surface area contributed by atoms with E-state index in [-0.39, 0.29) is 17.9 Å². The summed E-state index contributed by atoms with van der Waals surface area (Å²) in [5, 5.41) is 4.74. The Bertz CT molecular complexity index is 1500. The molecule has 3 N–H and O–H groups in total. The molecule has 204 valence electrons. The minimum atomic E-state index is -0.674. The number of aromatic nitrogens is 3. The largest absolute Gasteiger partial charge is 0.464 e. The third-order valence-corrected chi connectivity index (χ3v) is 8.03. The van der Waals surface area contributed by atoms with E-state index in [4.69, 9.17) is 9.47 Å². The number of likely N-dealkylation sites (tertiary alicyclic amines) is 1. The van der Waals surface area contributed by atoms with Crippen LogP contribution in [0.4, 0.5) is 4.79 Å². The molecule has 39 heavy (non-hydrogen) atoms. The molecule has 11 heteroatoms. The lowest BCUT2D eigenvalue weighted by Gasteiger charge is -2.30. The maximum absolute atomic E-state index is 13.4. The van der Waals surface area contributed by atoms with Gasteiger partial charge < -0.3 is 29.7 Å². The zero-order valence-corrected chi connectivity index (χ0v) is 23.1. The molecule has 0 bridgehead atoms. The average molecular weight is 550 g/mol. The molecule has 1 aromatic carbocycles. The van der Waals surface area contributed by atoms with E-state index >= 15 is 0 Å². The van der Waals surface area contributed by atoms with E-state index in [1.165, 1.54) is 14.2 Å². The Morgan fingerprint density at radius 1 is 1.10 bits per heavy atom. The molecular formula is C28H31N5O5S. The summed E-state index contributed by atoms with van der Waals surface area (Å²) in [6.07, 6.45) is 2.81. The summed E-state index contributed by atoms with van der Waals surface area (Å²) in [5.41, 5.74) is 5.20. The maximum atomic E-state index is 13.4. The summed E-state index contributed by atoms with van der Waals surface area (Å²) in [7, 11) is 2.65. The van der Waals surface area contributed by atoms with E-state index in [2.05, 4.69) is 25.6 Å². The highest BCUT2D eigenvalue weighted by molar-refractivity contribution is 7.17. The van der Waals surface area contributed by atoms with Crippen LogP contribution in [0.5, 0.6) is 0 Å². The first-order valence-electron chi connectivity index (χ1n) is 12.8. The molecule has 0 spiro atoms. The van der Waals surface area contributed by atoms with Crippen LogP contribution in [0, 0.1) is 5.92 Å². The zero-order chi connectivity index (χ0) is 27.7. The van der Waals surface area contributed by atoms with Gasteiger partial charge in [-0.15, -0.1) is 11.3 Å². The number of nitrogens with zero attached hydrogens (tertiary/aromatic N) is 2. The van der Waals surface area contributed by atoms with Crippen molar-refractivity contribution in [1.29, 1.82) is 0 Å². The highest BCUT2D eigenvalue weighted by Gasteiger charge is 2.37. The highest BCUT2D eigenvalue weighted by atomic mass is 32.1. The van der Waals surface area contributed by atoms with Gasteiger partial charge in [0.1, 0.15) is 17.6 Å². The number of H-pyrrole nitrogens is 2. The topological polar surface area (TPSA) is 129 Å². The van der Waals surface area contributed by atoms with E-state index in [9.17, 15) is 14.4 Å². The SMILES string of the molecule is COC(=O)N[C@H](C(=O)N1CCCC1c1ncc(-c2ccc(-c3csc4cc(C(=O)OC)[nH]c34)cc2)[nH]1)C(C)C. The lowest BCUT2D eigenvalue weighted by Crippen LogP contribution is -2.51. The molecule has 0 radical (unpaired) electrons. The van der Waals surface area contributed by atoms with E-state index < -0.39 is 18.1 Å². The molecule has 0 saturated carbocycles. The summed E-state index contributed by atoms with van der Waals surface area (Å²) in [5.74, 6) is 0.103. The van der Waals surface area contributed by atoms with Crippen molar-refractivity contribution in [3.63, 3.8) is 0 Å². The molecule has 1 unspecified atom stereocenters. The number of hydrogen-bond donors (Lipinski definition) is 3. The van der Waals surface area contributed by atoms with Crippen LogP contribution < -0.4 is 5.32 Å². The number of methoxy groups -OCH3 is 2. The number of rotatable bonds is 7. The Morgan fingerprint density at radius 3 is 2.54 bits per heavy atom. The first-order chi connectivity index (χ1) is 18.8.